The molecule has 2 aromatic rings. The van der Waals surface area contributed by atoms with E-state index in [1.807, 2.05) is 0 Å². The summed E-state index contributed by atoms with van der Waals surface area (Å²) in [5.74, 6) is 0.358. The Balaban J connectivity index is 1.84. The smallest absolute Gasteiger partial charge is 0.262 e. The number of hydrogen-bond donors (Lipinski definition) is 2. The van der Waals surface area contributed by atoms with E-state index in [0.717, 1.165) is 0 Å². The molecule has 3 N–H and O–H groups in total. The number of ether oxygens (including phenoxy) is 1. The fraction of sp³-hybridized carbons (Fsp3) is 0.0714. The van der Waals surface area contributed by atoms with Gasteiger partial charge in [-0.05, 0) is 48.5 Å². The lowest BCUT2D eigenvalue weighted by Gasteiger charge is -2.07. The maximum atomic E-state index is 11.6. The van der Waals surface area contributed by atoms with Gasteiger partial charge in [-0.1, -0.05) is 11.6 Å². The van der Waals surface area contributed by atoms with Crippen LogP contribution in [-0.4, -0.2) is 12.5 Å². The van der Waals surface area contributed by atoms with Crippen molar-refractivity contribution < 1.29 is 9.53 Å². The molecule has 0 atom stereocenters. The number of rotatable bonds is 4. The van der Waals surface area contributed by atoms with Gasteiger partial charge in [-0.25, -0.2) is 0 Å². The van der Waals surface area contributed by atoms with Gasteiger partial charge in [-0.15, -0.1) is 0 Å². The summed E-state index contributed by atoms with van der Waals surface area (Å²) in [5.41, 5.74) is 6.88. The van der Waals surface area contributed by atoms with Gasteiger partial charge in [0.15, 0.2) is 6.61 Å². The Morgan fingerprint density at radius 1 is 1.11 bits per heavy atom. The first-order chi connectivity index (χ1) is 9.13. The number of anilines is 2. The van der Waals surface area contributed by atoms with Crippen molar-refractivity contribution in [2.75, 3.05) is 17.7 Å². The van der Waals surface area contributed by atoms with Crippen molar-refractivity contribution in [3.63, 3.8) is 0 Å². The normalized spacial score (nSPS) is 9.95. The van der Waals surface area contributed by atoms with Crippen LogP contribution < -0.4 is 15.8 Å². The van der Waals surface area contributed by atoms with Gasteiger partial charge in [0, 0.05) is 16.4 Å². The van der Waals surface area contributed by atoms with E-state index in [0.29, 0.717) is 22.1 Å². The predicted molar refractivity (Wildman–Crippen MR) is 76.4 cm³/mol. The van der Waals surface area contributed by atoms with Gasteiger partial charge in [0.05, 0.1) is 0 Å². The molecule has 0 saturated carbocycles. The maximum absolute atomic E-state index is 11.6. The molecule has 0 aliphatic carbocycles. The van der Waals surface area contributed by atoms with Crippen molar-refractivity contribution in [1.82, 2.24) is 0 Å². The SMILES string of the molecule is Nc1ccc(NC(=O)COc2ccc(Cl)cc2)cc1. The van der Waals surface area contributed by atoms with Crippen LogP contribution in [0.2, 0.25) is 5.02 Å². The molecule has 0 bridgehead atoms. The van der Waals surface area contributed by atoms with Gasteiger partial charge >= 0.3 is 0 Å². The summed E-state index contributed by atoms with van der Waals surface area (Å²) < 4.78 is 5.32. The summed E-state index contributed by atoms with van der Waals surface area (Å²) in [5, 5.41) is 3.33. The first-order valence-corrected chi connectivity index (χ1v) is 6.05. The second-order valence-electron chi connectivity index (χ2n) is 3.91. The van der Waals surface area contributed by atoms with Crippen LogP contribution >= 0.6 is 11.6 Å². The van der Waals surface area contributed by atoms with Crippen LogP contribution in [0.4, 0.5) is 11.4 Å². The first-order valence-electron chi connectivity index (χ1n) is 5.67. The van der Waals surface area contributed by atoms with E-state index >= 15 is 0 Å². The van der Waals surface area contributed by atoms with Crippen LogP contribution in [0, 0.1) is 0 Å². The molecule has 0 fully saturated rings. The van der Waals surface area contributed by atoms with Crippen LogP contribution in [0.5, 0.6) is 5.75 Å². The Morgan fingerprint density at radius 2 is 1.74 bits per heavy atom. The quantitative estimate of drug-likeness (QED) is 0.844. The largest absolute Gasteiger partial charge is 0.484 e. The van der Waals surface area contributed by atoms with Gasteiger partial charge in [0.1, 0.15) is 5.75 Å². The van der Waals surface area contributed by atoms with Gasteiger partial charge in [-0.2, -0.15) is 0 Å². The number of halogens is 1. The van der Waals surface area contributed by atoms with E-state index in [1.165, 1.54) is 0 Å². The number of hydrogen-bond acceptors (Lipinski definition) is 3. The summed E-state index contributed by atoms with van der Waals surface area (Å²) in [7, 11) is 0. The fourth-order valence-corrected chi connectivity index (χ4v) is 1.57. The molecule has 0 radical (unpaired) electrons. The molecule has 2 rings (SSSR count). The van der Waals surface area contributed by atoms with Crippen LogP contribution in [-0.2, 0) is 4.79 Å². The van der Waals surface area contributed by atoms with Gasteiger partial charge in [-0.3, -0.25) is 4.79 Å². The highest BCUT2D eigenvalue weighted by Crippen LogP contribution is 2.15. The molecule has 2 aromatic carbocycles. The Kier molecular flexibility index (Phi) is 4.26. The van der Waals surface area contributed by atoms with Crippen molar-refractivity contribution >= 4 is 28.9 Å². The lowest BCUT2D eigenvalue weighted by atomic mass is 10.3. The van der Waals surface area contributed by atoms with Crippen LogP contribution in [0.1, 0.15) is 0 Å². The molecule has 5 heteroatoms. The van der Waals surface area contributed by atoms with E-state index in [-0.39, 0.29) is 12.5 Å². The minimum absolute atomic E-state index is 0.0635. The van der Waals surface area contributed by atoms with Crippen LogP contribution in [0.15, 0.2) is 48.5 Å². The molecular formula is C14H13ClN2O2. The van der Waals surface area contributed by atoms with Gasteiger partial charge in [0.25, 0.3) is 5.91 Å². The number of carbonyl (C=O) groups excluding carboxylic acids is 1. The summed E-state index contributed by atoms with van der Waals surface area (Å²) in [6.45, 7) is -0.0635. The second-order valence-corrected chi connectivity index (χ2v) is 4.35. The van der Waals surface area contributed by atoms with Crippen molar-refractivity contribution in [2.45, 2.75) is 0 Å². The Labute approximate surface area is 116 Å². The lowest BCUT2D eigenvalue weighted by Crippen LogP contribution is -2.20. The topological polar surface area (TPSA) is 64.3 Å². The van der Waals surface area contributed by atoms with E-state index < -0.39 is 0 Å². The molecule has 4 nitrogen and oxygen atoms in total. The Hall–Kier alpha value is -2.20. The monoisotopic (exact) mass is 276 g/mol. The Morgan fingerprint density at radius 3 is 2.37 bits per heavy atom. The van der Waals surface area contributed by atoms with Crippen molar-refractivity contribution in [3.05, 3.63) is 53.6 Å². The molecule has 98 valence electrons. The molecule has 1 amide bonds. The minimum Gasteiger partial charge on any atom is -0.484 e. The zero-order valence-corrected chi connectivity index (χ0v) is 10.9. The fourth-order valence-electron chi connectivity index (χ4n) is 1.44. The molecule has 0 unspecified atom stereocenters. The van der Waals surface area contributed by atoms with Crippen LogP contribution in [0.3, 0.4) is 0 Å². The maximum Gasteiger partial charge on any atom is 0.262 e. The van der Waals surface area contributed by atoms with E-state index in [2.05, 4.69) is 5.32 Å². The molecule has 0 saturated heterocycles. The summed E-state index contributed by atoms with van der Waals surface area (Å²) >= 11 is 5.75. The first kappa shape index (κ1) is 13.2. The highest BCUT2D eigenvalue weighted by atomic mass is 35.5. The standard InChI is InChI=1S/C14H13ClN2O2/c15-10-1-7-13(8-2-10)19-9-14(18)17-12-5-3-11(16)4-6-12/h1-8H,9,16H2,(H,17,18). The van der Waals surface area contributed by atoms with Crippen molar-refractivity contribution in [3.8, 4) is 5.75 Å². The average Bonchev–Trinajstić information content (AvgIpc) is 2.41. The third kappa shape index (κ3) is 4.19. The highest BCUT2D eigenvalue weighted by molar-refractivity contribution is 6.30. The molecule has 0 aliphatic heterocycles. The molecule has 0 aromatic heterocycles. The molecule has 0 spiro atoms. The number of nitrogen functional groups attached to an aromatic ring is 1. The number of carbonyl (C=O) groups is 1. The average molecular weight is 277 g/mol. The zero-order chi connectivity index (χ0) is 13.7. The lowest BCUT2D eigenvalue weighted by molar-refractivity contribution is -0.118. The molecule has 19 heavy (non-hydrogen) atoms. The van der Waals surface area contributed by atoms with E-state index in [9.17, 15) is 4.79 Å². The van der Waals surface area contributed by atoms with Gasteiger partial charge < -0.3 is 15.8 Å². The van der Waals surface area contributed by atoms with E-state index in [4.69, 9.17) is 22.1 Å². The Bertz CT molecular complexity index is 553. The van der Waals surface area contributed by atoms with E-state index in [1.54, 1.807) is 48.5 Å². The molecule has 0 heterocycles. The summed E-state index contributed by atoms with van der Waals surface area (Å²) in [6.07, 6.45) is 0. The summed E-state index contributed by atoms with van der Waals surface area (Å²) in [4.78, 5) is 11.6. The summed E-state index contributed by atoms with van der Waals surface area (Å²) in [6, 6.07) is 13.7. The van der Waals surface area contributed by atoms with Crippen molar-refractivity contribution in [1.29, 1.82) is 0 Å². The molecular weight excluding hydrogens is 264 g/mol. The third-order valence-corrected chi connectivity index (χ3v) is 2.63. The minimum atomic E-state index is -0.236. The number of nitrogens with two attached hydrogens (primary N) is 1. The number of nitrogens with one attached hydrogen (secondary N) is 1. The molecule has 0 aliphatic rings. The predicted octanol–water partition coefficient (Wildman–Crippen LogP) is 2.94. The second kappa shape index (κ2) is 6.11. The van der Waals surface area contributed by atoms with Crippen molar-refractivity contribution in [2.24, 2.45) is 0 Å². The number of amides is 1. The van der Waals surface area contributed by atoms with Gasteiger partial charge in [0.2, 0.25) is 0 Å². The highest BCUT2D eigenvalue weighted by Gasteiger charge is 2.03. The zero-order valence-electron chi connectivity index (χ0n) is 10.1. The third-order valence-electron chi connectivity index (χ3n) is 2.38. The van der Waals surface area contributed by atoms with Crippen LogP contribution in [0.25, 0.3) is 0 Å². The number of benzene rings is 2.